The van der Waals surface area contributed by atoms with Crippen molar-refractivity contribution in [3.63, 3.8) is 0 Å². The van der Waals surface area contributed by atoms with Gasteiger partial charge in [0.2, 0.25) is 5.91 Å². The fourth-order valence-corrected chi connectivity index (χ4v) is 3.95. The normalized spacial score (nSPS) is 16.0. The highest BCUT2D eigenvalue weighted by Gasteiger charge is 2.43. The molecule has 2 amide bonds. The van der Waals surface area contributed by atoms with E-state index in [2.05, 4.69) is 10.6 Å². The molecule has 34 heavy (non-hydrogen) atoms. The summed E-state index contributed by atoms with van der Waals surface area (Å²) < 4.78 is 6.19. The molecular formula is C24H24N5O4S+. The van der Waals surface area contributed by atoms with Crippen LogP contribution in [0.3, 0.4) is 0 Å². The Kier molecular flexibility index (Phi) is 6.69. The van der Waals surface area contributed by atoms with E-state index in [9.17, 15) is 14.4 Å². The minimum absolute atomic E-state index is 0.0393. The highest BCUT2D eigenvalue weighted by Crippen LogP contribution is 2.22. The molecule has 3 aromatic rings. The molecule has 1 aliphatic heterocycles. The quantitative estimate of drug-likeness (QED) is 0.306. The van der Waals surface area contributed by atoms with Crippen LogP contribution in [0.25, 0.3) is 12.2 Å². The van der Waals surface area contributed by atoms with E-state index in [1.807, 2.05) is 54.6 Å². The summed E-state index contributed by atoms with van der Waals surface area (Å²) >= 11 is 5.37. The first-order valence-electron chi connectivity index (χ1n) is 10.6. The van der Waals surface area contributed by atoms with E-state index < -0.39 is 11.7 Å². The molecule has 4 rings (SSSR count). The number of carbonyl (C=O) groups excluding carboxylic acids is 2. The number of benzene rings is 2. The van der Waals surface area contributed by atoms with Gasteiger partial charge in [-0.15, -0.1) is 0 Å². The van der Waals surface area contributed by atoms with Gasteiger partial charge in [0.15, 0.2) is 12.2 Å². The summed E-state index contributed by atoms with van der Waals surface area (Å²) in [7, 11) is 3.17. The van der Waals surface area contributed by atoms with Crippen LogP contribution < -0.4 is 15.6 Å². The second kappa shape index (κ2) is 9.84. The first-order valence-corrected chi connectivity index (χ1v) is 11.0. The Morgan fingerprint density at radius 1 is 1.12 bits per heavy atom. The summed E-state index contributed by atoms with van der Waals surface area (Å²) in [5, 5.41) is 5.51. The number of hydrogen-bond acceptors (Lipinski definition) is 5. The number of anilines is 1. The highest BCUT2D eigenvalue weighted by atomic mass is 32.1. The third kappa shape index (κ3) is 4.96. The van der Waals surface area contributed by atoms with Crippen molar-refractivity contribution < 1.29 is 18.8 Å². The van der Waals surface area contributed by atoms with Gasteiger partial charge in [0.1, 0.15) is 12.6 Å². The molecule has 0 radical (unpaired) electrons. The molecule has 9 nitrogen and oxygen atoms in total. The molecule has 1 saturated heterocycles. The van der Waals surface area contributed by atoms with Crippen LogP contribution >= 0.6 is 12.2 Å². The van der Waals surface area contributed by atoms with Crippen LogP contribution in [0, 0.1) is 0 Å². The first kappa shape index (κ1) is 23.1. The zero-order chi connectivity index (χ0) is 24.2. The van der Waals surface area contributed by atoms with Crippen molar-refractivity contribution in [1.29, 1.82) is 0 Å². The maximum atomic E-state index is 12.7. The molecule has 1 atom stereocenters. The molecule has 1 aromatic heterocycles. The van der Waals surface area contributed by atoms with Crippen molar-refractivity contribution in [2.75, 3.05) is 12.4 Å². The van der Waals surface area contributed by atoms with Gasteiger partial charge in [0.25, 0.3) is 5.91 Å². The Hall–Kier alpha value is -4.05. The number of aryl methyl sites for hydroxylation is 1. The largest absolute Gasteiger partial charge is 0.431 e. The third-order valence-electron chi connectivity index (χ3n) is 5.60. The SMILES string of the molecule is CN1C(=O)C(CC(=O)Nc2ccc(/C=C/c3ccccc3)cc2)N(Cc2c(=O)o[nH][n+]2C)C1=S. The summed E-state index contributed by atoms with van der Waals surface area (Å²) in [5.41, 5.74) is 2.43. The number of rotatable bonds is 7. The van der Waals surface area contributed by atoms with Gasteiger partial charge in [-0.2, -0.15) is 0 Å². The molecule has 1 aliphatic rings. The molecule has 0 spiro atoms. The number of likely N-dealkylation sites (N-methyl/N-ethyl adjacent to an activating group) is 1. The van der Waals surface area contributed by atoms with Crippen molar-refractivity contribution in [3.05, 3.63) is 81.8 Å². The highest BCUT2D eigenvalue weighted by molar-refractivity contribution is 7.80. The number of carbonyl (C=O) groups is 2. The molecule has 2 heterocycles. The first-order chi connectivity index (χ1) is 16.3. The molecule has 0 saturated carbocycles. The maximum absolute atomic E-state index is 12.7. The number of amides is 2. The van der Waals surface area contributed by atoms with Crippen molar-refractivity contribution in [2.24, 2.45) is 7.05 Å². The van der Waals surface area contributed by atoms with E-state index in [-0.39, 0.29) is 35.6 Å². The Labute approximate surface area is 201 Å². The fraction of sp³-hybridized carbons (Fsp3) is 0.208. The number of nitrogens with one attached hydrogen (secondary N) is 2. The zero-order valence-electron chi connectivity index (χ0n) is 18.7. The van der Waals surface area contributed by atoms with Crippen molar-refractivity contribution in [1.82, 2.24) is 15.1 Å². The van der Waals surface area contributed by atoms with Crippen LogP contribution in [0.15, 0.2) is 63.9 Å². The van der Waals surface area contributed by atoms with Gasteiger partial charge >= 0.3 is 11.3 Å². The van der Waals surface area contributed by atoms with E-state index in [0.29, 0.717) is 5.69 Å². The molecule has 2 N–H and O–H groups in total. The Balaban J connectivity index is 1.41. The summed E-state index contributed by atoms with van der Waals surface area (Å²) in [6, 6.07) is 16.5. The second-order valence-electron chi connectivity index (χ2n) is 7.93. The average molecular weight is 479 g/mol. The van der Waals surface area contributed by atoms with Gasteiger partial charge in [-0.1, -0.05) is 59.3 Å². The lowest BCUT2D eigenvalue weighted by Gasteiger charge is -2.21. The zero-order valence-corrected chi connectivity index (χ0v) is 19.5. The summed E-state index contributed by atoms with van der Waals surface area (Å²) in [5.74, 6) is -0.636. The van der Waals surface area contributed by atoms with Crippen molar-refractivity contribution >= 4 is 47.0 Å². The van der Waals surface area contributed by atoms with Crippen LogP contribution in [-0.2, 0) is 23.2 Å². The molecular weight excluding hydrogens is 454 g/mol. The molecule has 2 aromatic carbocycles. The lowest BCUT2D eigenvalue weighted by atomic mass is 10.1. The topological polar surface area (TPSA) is 103 Å². The molecule has 174 valence electrons. The van der Waals surface area contributed by atoms with E-state index in [1.165, 1.54) is 9.58 Å². The number of hydrogen-bond donors (Lipinski definition) is 2. The molecule has 1 unspecified atom stereocenters. The van der Waals surface area contributed by atoms with Gasteiger partial charge in [0, 0.05) is 12.7 Å². The van der Waals surface area contributed by atoms with Crippen LogP contribution in [0.4, 0.5) is 5.69 Å². The lowest BCUT2D eigenvalue weighted by Crippen LogP contribution is -2.44. The van der Waals surface area contributed by atoms with Gasteiger partial charge in [-0.25, -0.2) is 4.79 Å². The summed E-state index contributed by atoms with van der Waals surface area (Å²) in [6.07, 6.45) is 3.89. The standard InChI is InChI=1S/C24H23N5O4S/c1-27-22(31)19(29(24(27)34)15-20-23(32)33-26-28(20)2)14-21(30)25-18-12-10-17(11-13-18)9-8-16-6-4-3-5-7-16/h3-13,19H,14-15H2,1-2H3,(H-,25,26,30,32)/p+1/b9-8+. The summed E-state index contributed by atoms with van der Waals surface area (Å²) in [4.78, 5) is 40.3. The van der Waals surface area contributed by atoms with Crippen molar-refractivity contribution in [3.8, 4) is 0 Å². The second-order valence-corrected chi connectivity index (χ2v) is 8.29. The molecule has 1 fully saturated rings. The van der Waals surface area contributed by atoms with Crippen molar-refractivity contribution in [2.45, 2.75) is 19.0 Å². The number of H-pyrrole nitrogens is 1. The Morgan fingerprint density at radius 2 is 1.76 bits per heavy atom. The minimum Gasteiger partial charge on any atom is -0.326 e. The molecule has 0 aliphatic carbocycles. The molecule has 10 heteroatoms. The number of aromatic amines is 1. The van der Waals surface area contributed by atoms with E-state index in [1.54, 1.807) is 31.1 Å². The predicted molar refractivity (Wildman–Crippen MR) is 130 cm³/mol. The average Bonchev–Trinajstić information content (AvgIpc) is 3.25. The van der Waals surface area contributed by atoms with Gasteiger partial charge in [0.05, 0.1) is 6.42 Å². The lowest BCUT2D eigenvalue weighted by molar-refractivity contribution is -0.746. The van der Waals surface area contributed by atoms with Gasteiger partial charge in [-0.05, 0) is 40.7 Å². The minimum atomic E-state index is -0.820. The van der Waals surface area contributed by atoms with Gasteiger partial charge < -0.3 is 10.2 Å². The maximum Gasteiger partial charge on any atom is 0.431 e. The van der Waals surface area contributed by atoms with E-state index >= 15 is 0 Å². The van der Waals surface area contributed by atoms with E-state index in [4.69, 9.17) is 16.7 Å². The third-order valence-corrected chi connectivity index (χ3v) is 6.11. The number of nitrogens with zero attached hydrogens (tertiary/aromatic N) is 3. The van der Waals surface area contributed by atoms with Crippen LogP contribution in [-0.4, -0.2) is 45.1 Å². The van der Waals surface area contributed by atoms with Crippen LogP contribution in [0.2, 0.25) is 0 Å². The van der Waals surface area contributed by atoms with Gasteiger partial charge in [-0.3, -0.25) is 19.0 Å². The Bertz CT molecular complexity index is 1300. The van der Waals surface area contributed by atoms with Crippen LogP contribution in [0.1, 0.15) is 23.2 Å². The predicted octanol–water partition coefficient (Wildman–Crippen LogP) is 1.92. The number of aromatic nitrogens is 2. The van der Waals surface area contributed by atoms with Crippen LogP contribution in [0.5, 0.6) is 0 Å². The smallest absolute Gasteiger partial charge is 0.326 e. The Morgan fingerprint density at radius 3 is 2.38 bits per heavy atom. The number of thiocarbonyl (C=S) groups is 1. The molecule has 0 bridgehead atoms. The summed E-state index contributed by atoms with van der Waals surface area (Å²) in [6.45, 7) is 0.0393. The van der Waals surface area contributed by atoms with E-state index in [0.717, 1.165) is 11.1 Å². The fourth-order valence-electron chi connectivity index (χ4n) is 3.67. The monoisotopic (exact) mass is 478 g/mol.